The van der Waals surface area contributed by atoms with Crippen molar-refractivity contribution < 1.29 is 9.47 Å². The number of ether oxygens (including phenoxy) is 2. The molecule has 4 heteroatoms. The molecule has 8 rings (SSSR count). The maximum Gasteiger partial charge on any atom is 0.336 e. The minimum atomic E-state index is 0.00600. The lowest BCUT2D eigenvalue weighted by Gasteiger charge is -2.34. The highest BCUT2D eigenvalue weighted by atomic mass is 16.5. The molecule has 1 aromatic heterocycles. The van der Waals surface area contributed by atoms with Gasteiger partial charge in [-0.15, -0.1) is 0 Å². The number of hydrogen-bond acceptors (Lipinski definition) is 2. The third kappa shape index (κ3) is 2.97. The van der Waals surface area contributed by atoms with E-state index in [-0.39, 0.29) is 12.3 Å². The average Bonchev–Trinajstić information content (AvgIpc) is 3.25. The number of hydrogen-bond donors (Lipinski definition) is 0. The number of para-hydroxylation sites is 3. The molecule has 0 spiro atoms. The van der Waals surface area contributed by atoms with E-state index in [2.05, 4.69) is 92.0 Å². The van der Waals surface area contributed by atoms with Crippen molar-refractivity contribution in [3.8, 4) is 34.1 Å². The Kier molecular flexibility index (Phi) is 4.30. The van der Waals surface area contributed by atoms with Gasteiger partial charge in [-0.05, 0) is 64.5 Å². The van der Waals surface area contributed by atoms with E-state index in [0.29, 0.717) is 0 Å². The summed E-state index contributed by atoms with van der Waals surface area (Å²) in [5, 5.41) is 2.59. The molecule has 2 aliphatic heterocycles. The van der Waals surface area contributed by atoms with Gasteiger partial charge in [0.05, 0.1) is 0 Å². The van der Waals surface area contributed by atoms with Gasteiger partial charge in [0.15, 0.2) is 0 Å². The van der Waals surface area contributed by atoms with Gasteiger partial charge in [0.25, 0.3) is 0 Å². The first-order chi connectivity index (χ1) is 18.5. The molecule has 3 heterocycles. The molecule has 0 N–H and O–H groups in total. The largest absolute Gasteiger partial charge is 0.458 e. The van der Waals surface area contributed by atoms with Gasteiger partial charge < -0.3 is 14.0 Å². The van der Waals surface area contributed by atoms with Gasteiger partial charge in [0, 0.05) is 38.9 Å². The second-order valence-electron chi connectivity index (χ2n) is 11.4. The summed E-state index contributed by atoms with van der Waals surface area (Å²) in [6.45, 7) is 6.88. The summed E-state index contributed by atoms with van der Waals surface area (Å²) in [5.74, 6) is 3.34. The first kappa shape index (κ1) is 21.6. The van der Waals surface area contributed by atoms with Crippen LogP contribution in [0, 0.1) is 0 Å². The Morgan fingerprint density at radius 3 is 2.29 bits per heavy atom. The fraction of sp³-hybridized carbons (Fsp3) is 0.118. The molecule has 2 aliphatic rings. The van der Waals surface area contributed by atoms with Gasteiger partial charge in [-0.2, -0.15) is 0 Å². The van der Waals surface area contributed by atoms with E-state index < -0.39 is 0 Å². The van der Waals surface area contributed by atoms with Crippen molar-refractivity contribution in [3.05, 3.63) is 109 Å². The summed E-state index contributed by atoms with van der Waals surface area (Å²) >= 11 is 0. The quantitative estimate of drug-likeness (QED) is 0.232. The van der Waals surface area contributed by atoms with Crippen molar-refractivity contribution in [3.63, 3.8) is 0 Å². The van der Waals surface area contributed by atoms with Crippen molar-refractivity contribution in [2.24, 2.45) is 0 Å². The zero-order valence-electron chi connectivity index (χ0n) is 21.7. The first-order valence-electron chi connectivity index (χ1n) is 13.2. The number of rotatable bonds is 2. The minimum absolute atomic E-state index is 0.00600. The monoisotopic (exact) mass is 491 g/mol. The highest BCUT2D eigenvalue weighted by Crippen LogP contribution is 2.46. The maximum absolute atomic E-state index is 6.61. The molecule has 0 saturated heterocycles. The van der Waals surface area contributed by atoms with E-state index in [1.807, 2.05) is 36.4 Å². The van der Waals surface area contributed by atoms with Crippen molar-refractivity contribution in [2.75, 3.05) is 0 Å². The van der Waals surface area contributed by atoms with Crippen LogP contribution in [0.2, 0.25) is 0 Å². The van der Waals surface area contributed by atoms with E-state index in [1.54, 1.807) is 0 Å². The maximum atomic E-state index is 6.61. The van der Waals surface area contributed by atoms with E-state index in [0.717, 1.165) is 23.0 Å². The van der Waals surface area contributed by atoms with Crippen LogP contribution in [0.1, 0.15) is 26.3 Å². The lowest BCUT2D eigenvalue weighted by Crippen LogP contribution is -2.54. The summed E-state index contributed by atoms with van der Waals surface area (Å²) < 4.78 is 15.5. The molecule has 3 nitrogen and oxygen atoms in total. The van der Waals surface area contributed by atoms with Crippen LogP contribution in [0.25, 0.3) is 32.9 Å². The van der Waals surface area contributed by atoms with Crippen LogP contribution in [0.5, 0.6) is 23.0 Å². The molecule has 38 heavy (non-hydrogen) atoms. The fourth-order valence-electron chi connectivity index (χ4n) is 6.25. The van der Waals surface area contributed by atoms with Crippen LogP contribution < -0.4 is 20.4 Å². The number of fused-ring (bicyclic) bond motifs is 7. The lowest BCUT2D eigenvalue weighted by molar-refractivity contribution is 0.463. The topological polar surface area (TPSA) is 23.4 Å². The zero-order valence-corrected chi connectivity index (χ0v) is 21.7. The summed E-state index contributed by atoms with van der Waals surface area (Å²) in [4.78, 5) is 0. The second kappa shape index (κ2) is 7.55. The van der Waals surface area contributed by atoms with Crippen LogP contribution in [0.3, 0.4) is 0 Å². The smallest absolute Gasteiger partial charge is 0.336 e. The molecule has 6 aromatic rings. The highest BCUT2D eigenvalue weighted by molar-refractivity contribution is 6.88. The molecule has 0 bridgehead atoms. The Hall–Kier alpha value is -4.44. The summed E-state index contributed by atoms with van der Waals surface area (Å²) in [7, 11) is 0. The molecule has 0 radical (unpaired) electrons. The number of nitrogens with zero attached hydrogens (tertiary/aromatic N) is 1. The van der Waals surface area contributed by atoms with Crippen molar-refractivity contribution >= 4 is 39.6 Å². The van der Waals surface area contributed by atoms with Gasteiger partial charge in [0.1, 0.15) is 23.0 Å². The lowest BCUT2D eigenvalue weighted by atomic mass is 9.46. The predicted octanol–water partition coefficient (Wildman–Crippen LogP) is 7.62. The van der Waals surface area contributed by atoms with Gasteiger partial charge in [-0.3, -0.25) is 0 Å². The molecule has 0 fully saturated rings. The SMILES string of the molecule is CC(C)(C)c1cc2c3c(c1)c1ccccc1n3B1c3ccccc3Oc3cc(Oc4ccccc4)cc-2c31. The minimum Gasteiger partial charge on any atom is -0.458 e. The number of aromatic nitrogens is 1. The molecular formula is C34H26BNO2. The van der Waals surface area contributed by atoms with E-state index in [9.17, 15) is 0 Å². The summed E-state index contributed by atoms with van der Waals surface area (Å²) in [5.41, 5.74) is 8.65. The molecular weight excluding hydrogens is 465 g/mol. The third-order valence-corrected chi connectivity index (χ3v) is 8.02. The Bertz CT molecular complexity index is 1910. The summed E-state index contributed by atoms with van der Waals surface area (Å²) in [6.07, 6.45) is 0. The van der Waals surface area contributed by atoms with Crippen LogP contribution in [-0.2, 0) is 5.41 Å². The van der Waals surface area contributed by atoms with E-state index in [4.69, 9.17) is 9.47 Å². The Balaban J connectivity index is 1.52. The van der Waals surface area contributed by atoms with Crippen LogP contribution in [0.4, 0.5) is 0 Å². The molecule has 0 atom stereocenters. The first-order valence-corrected chi connectivity index (χ1v) is 13.2. The van der Waals surface area contributed by atoms with Crippen LogP contribution >= 0.6 is 0 Å². The predicted molar refractivity (Wildman–Crippen MR) is 157 cm³/mol. The van der Waals surface area contributed by atoms with Crippen molar-refractivity contribution in [2.45, 2.75) is 26.2 Å². The van der Waals surface area contributed by atoms with E-state index in [1.165, 1.54) is 49.4 Å². The van der Waals surface area contributed by atoms with Crippen LogP contribution in [0.15, 0.2) is 103 Å². The summed E-state index contributed by atoms with van der Waals surface area (Å²) in [6, 6.07) is 36.3. The molecule has 0 unspecified atom stereocenters. The molecule has 0 saturated carbocycles. The van der Waals surface area contributed by atoms with Crippen molar-refractivity contribution in [1.29, 1.82) is 0 Å². The zero-order chi connectivity index (χ0) is 25.6. The second-order valence-corrected chi connectivity index (χ2v) is 11.4. The van der Waals surface area contributed by atoms with Crippen molar-refractivity contribution in [1.82, 2.24) is 4.48 Å². The Morgan fingerprint density at radius 1 is 0.684 bits per heavy atom. The normalized spacial score (nSPS) is 13.3. The molecule has 0 aliphatic carbocycles. The highest BCUT2D eigenvalue weighted by Gasteiger charge is 2.41. The Labute approximate surface area is 222 Å². The Morgan fingerprint density at radius 2 is 1.45 bits per heavy atom. The van der Waals surface area contributed by atoms with Gasteiger partial charge in [-0.25, -0.2) is 0 Å². The average molecular weight is 491 g/mol. The molecule has 0 amide bonds. The number of benzene rings is 5. The fourth-order valence-corrected chi connectivity index (χ4v) is 6.25. The molecule has 182 valence electrons. The van der Waals surface area contributed by atoms with Gasteiger partial charge >= 0.3 is 6.85 Å². The van der Waals surface area contributed by atoms with Gasteiger partial charge in [0.2, 0.25) is 0 Å². The standard InChI is InChI=1S/C34H26BNO2/c1-34(2,3)21-17-26-24-13-7-9-15-29(24)36-33(26)27(18-21)25-19-23(37-22-11-5-4-6-12-22)20-31-32(25)35(36)28-14-8-10-16-30(28)38-31/h4-20H,1-3H3. The molecule has 5 aromatic carbocycles. The third-order valence-electron chi connectivity index (χ3n) is 8.02. The van der Waals surface area contributed by atoms with E-state index >= 15 is 0 Å². The van der Waals surface area contributed by atoms with Crippen LogP contribution in [-0.4, -0.2) is 11.3 Å². The van der Waals surface area contributed by atoms with Gasteiger partial charge in [-0.1, -0.05) is 75.4 Å².